The van der Waals surface area contributed by atoms with Crippen LogP contribution in [0.3, 0.4) is 0 Å². The van der Waals surface area contributed by atoms with Gasteiger partial charge in [0.2, 0.25) is 0 Å². The number of hydrazone groups is 1. The van der Waals surface area contributed by atoms with Crippen molar-refractivity contribution in [1.29, 1.82) is 0 Å². The van der Waals surface area contributed by atoms with E-state index >= 15 is 0 Å². The first-order valence-electron chi connectivity index (χ1n) is 5.79. The summed E-state index contributed by atoms with van der Waals surface area (Å²) in [7, 11) is 0. The Bertz CT molecular complexity index is 505. The molecule has 0 radical (unpaired) electrons. The van der Waals surface area contributed by atoms with Gasteiger partial charge in [0.25, 0.3) is 5.91 Å². The van der Waals surface area contributed by atoms with Gasteiger partial charge in [-0.3, -0.25) is 9.79 Å². The maximum absolute atomic E-state index is 12.2. The monoisotopic (exact) mass is 241 g/mol. The van der Waals surface area contributed by atoms with Gasteiger partial charge < -0.3 is 0 Å². The molecule has 0 unspecified atom stereocenters. The number of hydrogen-bond donors (Lipinski definition) is 0. The minimum atomic E-state index is -0.356. The van der Waals surface area contributed by atoms with E-state index in [1.54, 1.807) is 12.3 Å². The van der Waals surface area contributed by atoms with Crippen molar-refractivity contribution in [3.8, 4) is 0 Å². The molecule has 92 valence electrons. The second-order valence-electron chi connectivity index (χ2n) is 4.01. The molecule has 0 bridgehead atoms. The summed E-state index contributed by atoms with van der Waals surface area (Å²) >= 11 is 0. The minimum absolute atomic E-state index is 0.0634. The topological polar surface area (TPSA) is 45.0 Å². The van der Waals surface area contributed by atoms with E-state index in [1.165, 1.54) is 5.01 Å². The third kappa shape index (κ3) is 2.37. The molecule has 18 heavy (non-hydrogen) atoms. The Morgan fingerprint density at radius 2 is 2.17 bits per heavy atom. The van der Waals surface area contributed by atoms with Gasteiger partial charge in [-0.25, -0.2) is 0 Å². The predicted octanol–water partition coefficient (Wildman–Crippen LogP) is 2.28. The summed E-state index contributed by atoms with van der Waals surface area (Å²) in [6, 6.07) is 9.39. The number of amides is 1. The molecule has 0 fully saturated rings. The number of para-hydroxylation sites is 1. The van der Waals surface area contributed by atoms with E-state index in [2.05, 4.69) is 16.7 Å². The summed E-state index contributed by atoms with van der Waals surface area (Å²) in [6.45, 7) is 5.94. The molecule has 1 aromatic carbocycles. The molecule has 4 heteroatoms. The first-order valence-corrected chi connectivity index (χ1v) is 5.79. The normalized spacial score (nSPS) is 19.4. The van der Waals surface area contributed by atoms with Crippen molar-refractivity contribution in [2.75, 3.05) is 11.6 Å². The lowest BCUT2D eigenvalue weighted by Gasteiger charge is -2.12. The van der Waals surface area contributed by atoms with Gasteiger partial charge in [0.1, 0.15) is 5.92 Å². The molecule has 0 aromatic heterocycles. The van der Waals surface area contributed by atoms with E-state index < -0.39 is 0 Å². The van der Waals surface area contributed by atoms with Crippen LogP contribution in [0.1, 0.15) is 6.92 Å². The van der Waals surface area contributed by atoms with Crippen LogP contribution < -0.4 is 5.01 Å². The average molecular weight is 241 g/mol. The largest absolute Gasteiger partial charge is 0.292 e. The zero-order valence-electron chi connectivity index (χ0n) is 10.3. The smallest absolute Gasteiger partial charge is 0.261 e. The van der Waals surface area contributed by atoms with Gasteiger partial charge in [0.05, 0.1) is 17.9 Å². The van der Waals surface area contributed by atoms with Crippen LogP contribution in [0.5, 0.6) is 0 Å². The highest BCUT2D eigenvalue weighted by atomic mass is 16.2. The molecular formula is C14H15N3O. The minimum Gasteiger partial charge on any atom is -0.292 e. The van der Waals surface area contributed by atoms with Crippen molar-refractivity contribution in [1.82, 2.24) is 0 Å². The summed E-state index contributed by atoms with van der Waals surface area (Å²) in [5.74, 6) is -0.420. The van der Waals surface area contributed by atoms with E-state index in [4.69, 9.17) is 0 Å². The number of anilines is 1. The van der Waals surface area contributed by atoms with Gasteiger partial charge in [-0.1, -0.05) is 24.3 Å². The van der Waals surface area contributed by atoms with Gasteiger partial charge in [0, 0.05) is 6.21 Å². The zero-order valence-corrected chi connectivity index (χ0v) is 10.3. The second kappa shape index (κ2) is 5.40. The fraction of sp³-hybridized carbons (Fsp3) is 0.214. The summed E-state index contributed by atoms with van der Waals surface area (Å²) < 4.78 is 0. The van der Waals surface area contributed by atoms with Crippen molar-refractivity contribution in [3.05, 3.63) is 43.0 Å². The molecule has 1 heterocycles. The van der Waals surface area contributed by atoms with E-state index in [-0.39, 0.29) is 11.8 Å². The first-order chi connectivity index (χ1) is 8.74. The van der Waals surface area contributed by atoms with Gasteiger partial charge in [-0.05, 0) is 19.1 Å². The molecular weight excluding hydrogens is 226 g/mol. The summed E-state index contributed by atoms with van der Waals surface area (Å²) in [4.78, 5) is 16.3. The molecule has 1 atom stereocenters. The molecule has 4 nitrogen and oxygen atoms in total. The zero-order chi connectivity index (χ0) is 13.0. The van der Waals surface area contributed by atoms with Crippen LogP contribution in [0.25, 0.3) is 0 Å². The highest BCUT2D eigenvalue weighted by Gasteiger charge is 2.32. The molecule has 2 rings (SSSR count). The van der Waals surface area contributed by atoms with Crippen LogP contribution in [-0.2, 0) is 4.79 Å². The van der Waals surface area contributed by atoms with E-state index in [9.17, 15) is 4.79 Å². The molecule has 1 aliphatic heterocycles. The molecule has 0 aliphatic carbocycles. The van der Waals surface area contributed by atoms with Crippen molar-refractivity contribution >= 4 is 23.5 Å². The van der Waals surface area contributed by atoms with Crippen LogP contribution in [0.4, 0.5) is 5.69 Å². The fourth-order valence-corrected chi connectivity index (χ4v) is 1.75. The van der Waals surface area contributed by atoms with E-state index in [0.717, 1.165) is 11.4 Å². The van der Waals surface area contributed by atoms with Crippen LogP contribution in [0.15, 0.2) is 53.1 Å². The third-order valence-corrected chi connectivity index (χ3v) is 2.67. The lowest BCUT2D eigenvalue weighted by atomic mass is 10.1. The Balaban J connectivity index is 2.19. The molecule has 1 aromatic rings. The fourth-order valence-electron chi connectivity index (χ4n) is 1.75. The maximum Gasteiger partial charge on any atom is 0.261 e. The van der Waals surface area contributed by atoms with Crippen LogP contribution >= 0.6 is 0 Å². The third-order valence-electron chi connectivity index (χ3n) is 2.67. The molecule has 0 saturated heterocycles. The van der Waals surface area contributed by atoms with E-state index in [1.807, 2.05) is 37.3 Å². The van der Waals surface area contributed by atoms with Crippen molar-refractivity contribution in [3.63, 3.8) is 0 Å². The van der Waals surface area contributed by atoms with Gasteiger partial charge in [0.15, 0.2) is 0 Å². The summed E-state index contributed by atoms with van der Waals surface area (Å²) in [5, 5.41) is 5.71. The lowest BCUT2D eigenvalue weighted by molar-refractivity contribution is -0.118. The summed E-state index contributed by atoms with van der Waals surface area (Å²) in [5.41, 5.74) is 1.54. The molecule has 1 amide bonds. The number of rotatable bonds is 4. The number of aliphatic imine (C=N–C) groups is 1. The second-order valence-corrected chi connectivity index (χ2v) is 4.01. The van der Waals surface area contributed by atoms with Crippen LogP contribution in [0, 0.1) is 5.92 Å². The number of nitrogens with zero attached hydrogens (tertiary/aromatic N) is 3. The van der Waals surface area contributed by atoms with Crippen LogP contribution in [-0.4, -0.2) is 24.4 Å². The first kappa shape index (κ1) is 12.2. The Morgan fingerprint density at radius 1 is 1.44 bits per heavy atom. The highest BCUT2D eigenvalue weighted by Crippen LogP contribution is 2.22. The Labute approximate surface area is 106 Å². The quantitative estimate of drug-likeness (QED) is 0.589. The predicted molar refractivity (Wildman–Crippen MR) is 74.1 cm³/mol. The number of benzene rings is 1. The van der Waals surface area contributed by atoms with Gasteiger partial charge in [-0.15, -0.1) is 6.58 Å². The Hall–Kier alpha value is -2.23. The average Bonchev–Trinajstić information content (AvgIpc) is 2.68. The standard InChI is InChI=1S/C14H15N3O/c1-3-9-15-10-13-11(2)16-17(14(13)18)12-7-5-4-6-8-12/h3-8,10,13H,1,9H2,2H3/t13-/m0/s1. The Kier molecular flexibility index (Phi) is 3.67. The van der Waals surface area contributed by atoms with E-state index in [0.29, 0.717) is 6.54 Å². The van der Waals surface area contributed by atoms with Crippen molar-refractivity contribution < 1.29 is 4.79 Å². The van der Waals surface area contributed by atoms with Crippen LogP contribution in [0.2, 0.25) is 0 Å². The van der Waals surface area contributed by atoms with Gasteiger partial charge in [-0.2, -0.15) is 10.1 Å². The molecule has 0 N–H and O–H groups in total. The van der Waals surface area contributed by atoms with Gasteiger partial charge >= 0.3 is 0 Å². The maximum atomic E-state index is 12.2. The number of hydrogen-bond acceptors (Lipinski definition) is 3. The number of carbonyl (C=O) groups is 1. The highest BCUT2D eigenvalue weighted by molar-refractivity contribution is 6.23. The lowest BCUT2D eigenvalue weighted by Crippen LogP contribution is -2.27. The SMILES string of the molecule is C=CCN=C[C@@H]1C(=O)N(c2ccccc2)N=C1C. The molecule has 0 saturated carbocycles. The number of carbonyl (C=O) groups excluding carboxylic acids is 1. The summed E-state index contributed by atoms with van der Waals surface area (Å²) in [6.07, 6.45) is 3.34. The molecule has 1 aliphatic rings. The van der Waals surface area contributed by atoms with Crippen molar-refractivity contribution in [2.45, 2.75) is 6.92 Å². The Morgan fingerprint density at radius 3 is 2.83 bits per heavy atom. The molecule has 0 spiro atoms. The van der Waals surface area contributed by atoms with Crippen molar-refractivity contribution in [2.24, 2.45) is 16.0 Å².